The van der Waals surface area contributed by atoms with Crippen molar-refractivity contribution in [1.29, 1.82) is 0 Å². The Morgan fingerprint density at radius 1 is 0.750 bits per heavy atom. The lowest BCUT2D eigenvalue weighted by Gasteiger charge is -2.17. The first kappa shape index (κ1) is 19.8. The molecule has 0 bridgehead atoms. The van der Waals surface area contributed by atoms with Gasteiger partial charge >= 0.3 is 0 Å². The zero-order valence-corrected chi connectivity index (χ0v) is 13.2. The van der Waals surface area contributed by atoms with Crippen molar-refractivity contribution in [1.82, 2.24) is 5.32 Å². The Labute approximate surface area is 123 Å². The fourth-order valence-corrected chi connectivity index (χ4v) is 1.52. The first-order valence-electron chi connectivity index (χ1n) is 7.29. The van der Waals surface area contributed by atoms with E-state index in [1.165, 1.54) is 0 Å². The van der Waals surface area contributed by atoms with Crippen LogP contribution in [-0.2, 0) is 23.7 Å². The molecular weight excluding hydrogens is 262 g/mol. The summed E-state index contributed by atoms with van der Waals surface area (Å²) in [5.41, 5.74) is 0. The van der Waals surface area contributed by atoms with Gasteiger partial charge in [-0.1, -0.05) is 6.92 Å². The summed E-state index contributed by atoms with van der Waals surface area (Å²) < 4.78 is 26.2. The van der Waals surface area contributed by atoms with E-state index >= 15 is 0 Å². The van der Waals surface area contributed by atoms with Gasteiger partial charge < -0.3 is 29.0 Å². The van der Waals surface area contributed by atoms with Gasteiger partial charge in [0, 0.05) is 14.2 Å². The summed E-state index contributed by atoms with van der Waals surface area (Å²) in [6.07, 6.45) is 1.10. The summed E-state index contributed by atoms with van der Waals surface area (Å²) >= 11 is 0. The minimum Gasteiger partial charge on any atom is -0.383 e. The van der Waals surface area contributed by atoms with Gasteiger partial charge in [-0.15, -0.1) is 0 Å². The van der Waals surface area contributed by atoms with E-state index in [1.54, 1.807) is 14.2 Å². The molecule has 122 valence electrons. The Balaban J connectivity index is 3.27. The number of hydrogen-bond donors (Lipinski definition) is 1. The molecule has 1 atom stereocenters. The molecule has 0 rings (SSSR count). The quantitative estimate of drug-likeness (QED) is 0.423. The molecule has 6 nitrogen and oxygen atoms in total. The van der Waals surface area contributed by atoms with Crippen LogP contribution >= 0.6 is 0 Å². The number of hydrogen-bond acceptors (Lipinski definition) is 6. The first-order valence-corrected chi connectivity index (χ1v) is 7.29. The smallest absolute Gasteiger partial charge is 0.0701 e. The average Bonchev–Trinajstić information content (AvgIpc) is 2.46. The Bertz CT molecular complexity index is 183. The molecule has 0 aromatic heterocycles. The molecule has 0 saturated heterocycles. The van der Waals surface area contributed by atoms with E-state index in [-0.39, 0.29) is 6.04 Å². The number of ether oxygens (including phenoxy) is 5. The van der Waals surface area contributed by atoms with E-state index in [9.17, 15) is 0 Å². The summed E-state index contributed by atoms with van der Waals surface area (Å²) in [6, 6.07) is 0.248. The lowest BCUT2D eigenvalue weighted by Crippen LogP contribution is -2.38. The van der Waals surface area contributed by atoms with Crippen LogP contribution in [0.2, 0.25) is 0 Å². The largest absolute Gasteiger partial charge is 0.383 e. The van der Waals surface area contributed by atoms with Crippen molar-refractivity contribution in [3.63, 3.8) is 0 Å². The van der Waals surface area contributed by atoms with Gasteiger partial charge in [0.25, 0.3) is 0 Å². The lowest BCUT2D eigenvalue weighted by molar-refractivity contribution is -0.00273. The van der Waals surface area contributed by atoms with Crippen LogP contribution in [0, 0.1) is 0 Å². The predicted molar refractivity (Wildman–Crippen MR) is 78.3 cm³/mol. The molecule has 0 aliphatic rings. The third-order valence-electron chi connectivity index (χ3n) is 2.55. The van der Waals surface area contributed by atoms with Gasteiger partial charge in [0.1, 0.15) is 0 Å². The molecule has 20 heavy (non-hydrogen) atoms. The Morgan fingerprint density at radius 3 is 1.90 bits per heavy atom. The summed E-state index contributed by atoms with van der Waals surface area (Å²) in [5.74, 6) is 0. The van der Waals surface area contributed by atoms with Gasteiger partial charge in [-0.3, -0.25) is 0 Å². The van der Waals surface area contributed by atoms with Gasteiger partial charge in [-0.05, 0) is 13.0 Å². The van der Waals surface area contributed by atoms with E-state index in [0.717, 1.165) is 13.0 Å². The first-order chi connectivity index (χ1) is 9.85. The maximum atomic E-state index is 5.56. The normalized spacial score (nSPS) is 12.8. The third kappa shape index (κ3) is 14.2. The van der Waals surface area contributed by atoms with Crippen LogP contribution in [0.15, 0.2) is 0 Å². The predicted octanol–water partition coefficient (Wildman–Crippen LogP) is 0.697. The molecule has 1 N–H and O–H groups in total. The highest BCUT2D eigenvalue weighted by molar-refractivity contribution is 4.64. The van der Waals surface area contributed by atoms with Crippen LogP contribution in [-0.4, -0.2) is 79.7 Å². The van der Waals surface area contributed by atoms with E-state index in [4.69, 9.17) is 23.7 Å². The molecule has 0 aromatic carbocycles. The van der Waals surface area contributed by atoms with Crippen molar-refractivity contribution >= 4 is 0 Å². The fraction of sp³-hybridized carbons (Fsp3) is 1.00. The van der Waals surface area contributed by atoms with Crippen molar-refractivity contribution in [3.8, 4) is 0 Å². The summed E-state index contributed by atoms with van der Waals surface area (Å²) in [6.45, 7) is 8.00. The maximum Gasteiger partial charge on any atom is 0.0701 e. The summed E-state index contributed by atoms with van der Waals surface area (Å²) in [5, 5.41) is 3.38. The van der Waals surface area contributed by atoms with Crippen molar-refractivity contribution < 1.29 is 23.7 Å². The molecule has 0 spiro atoms. The van der Waals surface area contributed by atoms with E-state index in [1.807, 2.05) is 0 Å². The van der Waals surface area contributed by atoms with Gasteiger partial charge in [0.05, 0.1) is 58.9 Å². The number of methoxy groups -OCH3 is 2. The van der Waals surface area contributed by atoms with Crippen LogP contribution in [0.5, 0.6) is 0 Å². The third-order valence-corrected chi connectivity index (χ3v) is 2.55. The monoisotopic (exact) mass is 293 g/mol. The average molecular weight is 293 g/mol. The van der Waals surface area contributed by atoms with Crippen molar-refractivity contribution in [2.75, 3.05) is 73.6 Å². The molecule has 0 aromatic rings. The fourth-order valence-electron chi connectivity index (χ4n) is 1.52. The standard InChI is InChI=1S/C14H31NO5/c1-4-5-15-14(12-17-3)13-20-11-10-19-9-8-18-7-6-16-2/h14-15H,4-13H2,1-3H3. The molecule has 0 amide bonds. The van der Waals surface area contributed by atoms with Crippen LogP contribution in [0.4, 0.5) is 0 Å². The number of nitrogens with one attached hydrogen (secondary N) is 1. The second-order valence-corrected chi connectivity index (χ2v) is 4.40. The molecule has 0 heterocycles. The molecular formula is C14H31NO5. The van der Waals surface area contributed by atoms with Gasteiger partial charge in [0.15, 0.2) is 0 Å². The second-order valence-electron chi connectivity index (χ2n) is 4.40. The molecule has 0 aliphatic carbocycles. The van der Waals surface area contributed by atoms with Crippen LogP contribution in [0.25, 0.3) is 0 Å². The van der Waals surface area contributed by atoms with Crippen LogP contribution in [0.1, 0.15) is 13.3 Å². The van der Waals surface area contributed by atoms with Crippen LogP contribution in [0.3, 0.4) is 0 Å². The maximum absolute atomic E-state index is 5.56. The summed E-state index contributed by atoms with van der Waals surface area (Å²) in [4.78, 5) is 0. The lowest BCUT2D eigenvalue weighted by atomic mass is 10.3. The summed E-state index contributed by atoms with van der Waals surface area (Å²) in [7, 11) is 3.36. The molecule has 0 aliphatic heterocycles. The molecule has 6 heteroatoms. The van der Waals surface area contributed by atoms with E-state index in [2.05, 4.69) is 12.2 Å². The zero-order chi connectivity index (χ0) is 14.9. The minimum absolute atomic E-state index is 0.248. The molecule has 0 saturated carbocycles. The van der Waals surface area contributed by atoms with E-state index in [0.29, 0.717) is 52.9 Å². The van der Waals surface area contributed by atoms with Gasteiger partial charge in [-0.2, -0.15) is 0 Å². The van der Waals surface area contributed by atoms with Crippen LogP contribution < -0.4 is 5.32 Å². The second kappa shape index (κ2) is 16.8. The minimum atomic E-state index is 0.248. The zero-order valence-electron chi connectivity index (χ0n) is 13.2. The molecule has 1 unspecified atom stereocenters. The SMILES string of the molecule is CCCNC(COC)COCCOCCOCCOC. The van der Waals surface area contributed by atoms with Gasteiger partial charge in [0.2, 0.25) is 0 Å². The Kier molecular flexibility index (Phi) is 16.6. The molecule has 0 fully saturated rings. The number of rotatable bonds is 16. The topological polar surface area (TPSA) is 58.2 Å². The Morgan fingerprint density at radius 2 is 1.35 bits per heavy atom. The highest BCUT2D eigenvalue weighted by Crippen LogP contribution is 1.89. The highest BCUT2D eigenvalue weighted by Gasteiger charge is 2.06. The molecule has 0 radical (unpaired) electrons. The van der Waals surface area contributed by atoms with Gasteiger partial charge in [-0.25, -0.2) is 0 Å². The van der Waals surface area contributed by atoms with Crippen molar-refractivity contribution in [3.05, 3.63) is 0 Å². The highest BCUT2D eigenvalue weighted by atomic mass is 16.6. The Hall–Kier alpha value is -0.240. The van der Waals surface area contributed by atoms with Crippen molar-refractivity contribution in [2.45, 2.75) is 19.4 Å². The van der Waals surface area contributed by atoms with E-state index < -0.39 is 0 Å². The van der Waals surface area contributed by atoms with Crippen molar-refractivity contribution in [2.24, 2.45) is 0 Å².